The van der Waals surface area contributed by atoms with Crippen molar-refractivity contribution in [2.75, 3.05) is 13.1 Å². The largest absolute Gasteiger partial charge is 0.350 e. The number of carbonyl (C=O) groups excluding carboxylic acids is 1. The van der Waals surface area contributed by atoms with Crippen molar-refractivity contribution in [3.05, 3.63) is 90.4 Å². The van der Waals surface area contributed by atoms with E-state index in [9.17, 15) is 4.79 Å². The average Bonchev–Trinajstić information content (AvgIpc) is 3.26. The zero-order valence-electron chi connectivity index (χ0n) is 17.9. The van der Waals surface area contributed by atoms with Crippen molar-refractivity contribution in [2.24, 2.45) is 0 Å². The molecule has 0 saturated carbocycles. The number of pyridine rings is 1. The molecule has 0 fully saturated rings. The average molecular weight is 414 g/mol. The summed E-state index contributed by atoms with van der Waals surface area (Å²) in [5.41, 5.74) is 3.90. The minimum absolute atomic E-state index is 0.000389. The number of carbonyl (C=O) groups is 1. The lowest BCUT2D eigenvalue weighted by molar-refractivity contribution is -0.126. The lowest BCUT2D eigenvalue weighted by Gasteiger charge is -2.29. The van der Waals surface area contributed by atoms with Gasteiger partial charge in [0.05, 0.1) is 11.0 Å². The maximum absolute atomic E-state index is 13.1. The van der Waals surface area contributed by atoms with E-state index in [1.165, 1.54) is 0 Å². The van der Waals surface area contributed by atoms with Crippen molar-refractivity contribution >= 4 is 16.9 Å². The third-order valence-electron chi connectivity index (χ3n) is 5.52. The maximum atomic E-state index is 13.1. The number of benzene rings is 2. The van der Waals surface area contributed by atoms with E-state index in [4.69, 9.17) is 0 Å². The minimum atomic E-state index is -0.305. The molecule has 1 unspecified atom stereocenters. The standard InChI is InChI=1S/C25H27N5O/c1-3-29(4-2)24(20-10-6-5-7-11-20)25(31)27-17-19-14-15-23(26-16-19)30-18-28-21-12-8-9-13-22(21)30/h5-16,18,24H,3-4,17H2,1-2H3,(H,27,31). The number of aromatic nitrogens is 3. The quantitative estimate of drug-likeness (QED) is 0.472. The monoisotopic (exact) mass is 413 g/mol. The molecule has 2 aromatic carbocycles. The highest BCUT2D eigenvalue weighted by Gasteiger charge is 2.25. The lowest BCUT2D eigenvalue weighted by Crippen LogP contribution is -2.40. The summed E-state index contributed by atoms with van der Waals surface area (Å²) in [6.45, 7) is 6.20. The summed E-state index contributed by atoms with van der Waals surface area (Å²) in [5, 5.41) is 3.09. The first-order valence-corrected chi connectivity index (χ1v) is 10.6. The van der Waals surface area contributed by atoms with Gasteiger partial charge in [0, 0.05) is 12.7 Å². The number of fused-ring (bicyclic) bond motifs is 1. The number of hydrogen-bond donors (Lipinski definition) is 1. The molecule has 2 heterocycles. The highest BCUT2D eigenvalue weighted by Crippen LogP contribution is 2.21. The molecule has 0 saturated heterocycles. The van der Waals surface area contributed by atoms with E-state index in [1.807, 2.05) is 71.3 Å². The number of para-hydroxylation sites is 2. The third kappa shape index (κ3) is 4.49. The normalized spacial score (nSPS) is 12.2. The van der Waals surface area contributed by atoms with Crippen LogP contribution in [0.3, 0.4) is 0 Å². The van der Waals surface area contributed by atoms with E-state index in [1.54, 1.807) is 12.5 Å². The number of amides is 1. The number of nitrogens with one attached hydrogen (secondary N) is 1. The Hall–Kier alpha value is -3.51. The molecule has 31 heavy (non-hydrogen) atoms. The molecule has 6 nitrogen and oxygen atoms in total. The van der Waals surface area contributed by atoms with Gasteiger partial charge in [-0.25, -0.2) is 9.97 Å². The minimum Gasteiger partial charge on any atom is -0.350 e. The van der Waals surface area contributed by atoms with Gasteiger partial charge in [-0.05, 0) is 42.4 Å². The highest BCUT2D eigenvalue weighted by molar-refractivity contribution is 5.83. The number of nitrogens with zero attached hydrogens (tertiary/aromatic N) is 4. The van der Waals surface area contributed by atoms with Gasteiger partial charge in [-0.15, -0.1) is 0 Å². The summed E-state index contributed by atoms with van der Waals surface area (Å²) in [6, 6.07) is 21.5. The van der Waals surface area contributed by atoms with E-state index in [2.05, 4.69) is 34.0 Å². The lowest BCUT2D eigenvalue weighted by atomic mass is 10.0. The summed E-state index contributed by atoms with van der Waals surface area (Å²) in [6.07, 6.45) is 3.59. The Morgan fingerprint density at radius 3 is 2.42 bits per heavy atom. The zero-order valence-corrected chi connectivity index (χ0v) is 17.9. The molecule has 2 aromatic heterocycles. The fourth-order valence-corrected chi connectivity index (χ4v) is 3.84. The summed E-state index contributed by atoms with van der Waals surface area (Å²) in [4.78, 5) is 24.3. The van der Waals surface area contributed by atoms with Crippen molar-refractivity contribution in [2.45, 2.75) is 26.4 Å². The highest BCUT2D eigenvalue weighted by atomic mass is 16.2. The van der Waals surface area contributed by atoms with Crippen molar-refractivity contribution in [3.8, 4) is 5.82 Å². The second-order valence-electron chi connectivity index (χ2n) is 7.38. The van der Waals surface area contributed by atoms with Crippen LogP contribution in [0.1, 0.15) is 31.0 Å². The van der Waals surface area contributed by atoms with Crippen LogP contribution in [0.15, 0.2) is 79.3 Å². The predicted octanol–water partition coefficient (Wildman–Crippen LogP) is 4.12. The Balaban J connectivity index is 1.47. The van der Waals surface area contributed by atoms with Gasteiger partial charge < -0.3 is 5.32 Å². The van der Waals surface area contributed by atoms with Crippen molar-refractivity contribution in [1.29, 1.82) is 0 Å². The number of hydrogen-bond acceptors (Lipinski definition) is 4. The summed E-state index contributed by atoms with van der Waals surface area (Å²) < 4.78 is 1.96. The molecule has 0 spiro atoms. The summed E-state index contributed by atoms with van der Waals surface area (Å²) >= 11 is 0. The van der Waals surface area contributed by atoms with Gasteiger partial charge in [0.15, 0.2) is 0 Å². The van der Waals surface area contributed by atoms with E-state index < -0.39 is 0 Å². The Kier molecular flexibility index (Phi) is 6.38. The van der Waals surface area contributed by atoms with Crippen LogP contribution in [-0.4, -0.2) is 38.4 Å². The van der Waals surface area contributed by atoms with Crippen LogP contribution < -0.4 is 5.32 Å². The molecule has 0 aliphatic carbocycles. The topological polar surface area (TPSA) is 63.1 Å². The molecular formula is C25H27N5O. The van der Waals surface area contributed by atoms with Crippen LogP contribution in [0.2, 0.25) is 0 Å². The zero-order chi connectivity index (χ0) is 21.6. The van der Waals surface area contributed by atoms with Crippen LogP contribution in [0.25, 0.3) is 16.9 Å². The molecule has 0 aliphatic heterocycles. The molecular weight excluding hydrogens is 386 g/mol. The molecule has 4 aromatic rings. The molecule has 1 atom stereocenters. The SMILES string of the molecule is CCN(CC)C(C(=O)NCc1ccc(-n2cnc3ccccc32)nc1)c1ccccc1. The summed E-state index contributed by atoms with van der Waals surface area (Å²) in [7, 11) is 0. The molecule has 0 radical (unpaired) electrons. The molecule has 1 N–H and O–H groups in total. The smallest absolute Gasteiger partial charge is 0.242 e. The maximum Gasteiger partial charge on any atom is 0.242 e. The fraction of sp³-hybridized carbons (Fsp3) is 0.240. The Labute approximate surface area is 182 Å². The first-order chi connectivity index (χ1) is 15.2. The third-order valence-corrected chi connectivity index (χ3v) is 5.52. The van der Waals surface area contributed by atoms with Crippen LogP contribution in [0, 0.1) is 0 Å². The summed E-state index contributed by atoms with van der Waals surface area (Å²) in [5.74, 6) is 0.800. The van der Waals surface area contributed by atoms with Crippen molar-refractivity contribution in [1.82, 2.24) is 24.8 Å². The molecule has 1 amide bonds. The Morgan fingerprint density at radius 1 is 0.968 bits per heavy atom. The van der Waals surface area contributed by atoms with E-state index in [-0.39, 0.29) is 11.9 Å². The van der Waals surface area contributed by atoms with Gasteiger partial charge in [-0.3, -0.25) is 14.3 Å². The van der Waals surface area contributed by atoms with Crippen LogP contribution in [0.5, 0.6) is 0 Å². The second kappa shape index (κ2) is 9.53. The molecule has 0 bridgehead atoms. The molecule has 6 heteroatoms. The van der Waals surface area contributed by atoms with Gasteiger partial charge in [-0.2, -0.15) is 0 Å². The first kappa shape index (κ1) is 20.8. The van der Waals surface area contributed by atoms with Gasteiger partial charge >= 0.3 is 0 Å². The second-order valence-corrected chi connectivity index (χ2v) is 7.38. The van der Waals surface area contributed by atoms with Crippen LogP contribution in [0.4, 0.5) is 0 Å². The number of imidazole rings is 1. The Morgan fingerprint density at radius 2 is 1.71 bits per heavy atom. The fourth-order valence-electron chi connectivity index (χ4n) is 3.84. The van der Waals surface area contributed by atoms with Crippen molar-refractivity contribution < 1.29 is 4.79 Å². The first-order valence-electron chi connectivity index (χ1n) is 10.6. The molecule has 0 aliphatic rings. The number of rotatable bonds is 8. The molecule has 4 rings (SSSR count). The van der Waals surface area contributed by atoms with Crippen LogP contribution >= 0.6 is 0 Å². The predicted molar refractivity (Wildman–Crippen MR) is 123 cm³/mol. The van der Waals surface area contributed by atoms with Gasteiger partial charge in [-0.1, -0.05) is 62.4 Å². The van der Waals surface area contributed by atoms with E-state index in [0.717, 1.165) is 41.1 Å². The molecule has 158 valence electrons. The van der Waals surface area contributed by atoms with Gasteiger partial charge in [0.25, 0.3) is 0 Å². The van der Waals surface area contributed by atoms with E-state index in [0.29, 0.717) is 6.54 Å². The van der Waals surface area contributed by atoms with Crippen molar-refractivity contribution in [3.63, 3.8) is 0 Å². The Bertz CT molecular complexity index is 1130. The van der Waals surface area contributed by atoms with Gasteiger partial charge in [0.1, 0.15) is 18.2 Å². The van der Waals surface area contributed by atoms with Gasteiger partial charge in [0.2, 0.25) is 5.91 Å². The van der Waals surface area contributed by atoms with Crippen LogP contribution in [-0.2, 0) is 11.3 Å². The van der Waals surface area contributed by atoms with E-state index >= 15 is 0 Å². The number of likely N-dealkylation sites (N-methyl/N-ethyl adjacent to an activating group) is 1.